The Morgan fingerprint density at radius 2 is 1.61 bits per heavy atom. The fourth-order valence-electron chi connectivity index (χ4n) is 4.88. The van der Waals surface area contributed by atoms with Crippen LogP contribution in [0.1, 0.15) is 24.0 Å². The standard InChI is InChI=1S/C24H18Cl2I2N2O3/c25-16-6-5-15(17(26)9-16)11-33-22-18(27)7-12(8-19(22)28)10-29-30-23(31)20-13-1-2-14(4-3-13)21(20)24(30)32/h1-2,5-10,13-14,20-21H,3-4,11H2/b29-10-/t13-,14-,20-,21-/m0/s1. The number of hydrogen-bond acceptors (Lipinski definition) is 4. The molecular formula is C24H18Cl2I2N2O3. The topological polar surface area (TPSA) is 59.0 Å². The summed E-state index contributed by atoms with van der Waals surface area (Å²) >= 11 is 16.6. The lowest BCUT2D eigenvalue weighted by atomic mass is 9.63. The van der Waals surface area contributed by atoms with Crippen LogP contribution >= 0.6 is 68.4 Å². The first-order valence-corrected chi connectivity index (χ1v) is 13.4. The maximum atomic E-state index is 12.9. The molecule has 2 amide bonds. The van der Waals surface area contributed by atoms with Crippen LogP contribution in [0.4, 0.5) is 0 Å². The van der Waals surface area contributed by atoms with E-state index in [0.29, 0.717) is 16.7 Å². The number of carbonyl (C=O) groups excluding carboxylic acids is 2. The lowest BCUT2D eigenvalue weighted by Gasteiger charge is -2.37. The number of carbonyl (C=O) groups is 2. The van der Waals surface area contributed by atoms with Crippen LogP contribution in [-0.4, -0.2) is 23.0 Å². The Bertz CT molecular complexity index is 1160. The zero-order valence-corrected chi connectivity index (χ0v) is 23.0. The highest BCUT2D eigenvalue weighted by molar-refractivity contribution is 14.1. The highest BCUT2D eigenvalue weighted by atomic mass is 127. The Kier molecular flexibility index (Phi) is 6.76. The Hall–Kier alpha value is -1.17. The van der Waals surface area contributed by atoms with Gasteiger partial charge in [-0.25, -0.2) is 0 Å². The molecule has 6 rings (SSSR count). The van der Waals surface area contributed by atoms with Crippen molar-refractivity contribution in [2.45, 2.75) is 19.4 Å². The van der Waals surface area contributed by atoms with Crippen LogP contribution in [0.3, 0.4) is 0 Å². The third kappa shape index (κ3) is 4.46. The number of amides is 2. The molecule has 2 aromatic carbocycles. The lowest BCUT2D eigenvalue weighted by molar-refractivity contribution is -0.140. The fraction of sp³-hybridized carbons (Fsp3) is 0.292. The van der Waals surface area contributed by atoms with Gasteiger partial charge in [-0.05, 0) is 99.7 Å². The molecule has 170 valence electrons. The zero-order chi connectivity index (χ0) is 23.3. The predicted molar refractivity (Wildman–Crippen MR) is 144 cm³/mol. The van der Waals surface area contributed by atoms with E-state index in [1.807, 2.05) is 18.2 Å². The van der Waals surface area contributed by atoms with Gasteiger partial charge in [0, 0.05) is 15.6 Å². The molecule has 3 aliphatic carbocycles. The average molecular weight is 707 g/mol. The van der Waals surface area contributed by atoms with Crippen molar-refractivity contribution in [3.63, 3.8) is 0 Å². The Labute approximate surface area is 228 Å². The third-order valence-electron chi connectivity index (χ3n) is 6.47. The lowest BCUT2D eigenvalue weighted by Crippen LogP contribution is -2.38. The number of nitrogens with zero attached hydrogens (tertiary/aromatic N) is 2. The van der Waals surface area contributed by atoms with Crippen molar-refractivity contribution in [1.29, 1.82) is 0 Å². The smallest absolute Gasteiger partial charge is 0.254 e. The second-order valence-electron chi connectivity index (χ2n) is 8.41. The van der Waals surface area contributed by atoms with Crippen LogP contribution in [0.25, 0.3) is 0 Å². The van der Waals surface area contributed by atoms with Crippen LogP contribution in [-0.2, 0) is 16.2 Å². The monoisotopic (exact) mass is 706 g/mol. The van der Waals surface area contributed by atoms with E-state index >= 15 is 0 Å². The Balaban J connectivity index is 1.31. The number of hydrogen-bond donors (Lipinski definition) is 0. The minimum Gasteiger partial charge on any atom is -0.487 e. The average Bonchev–Trinajstić information content (AvgIpc) is 3.06. The summed E-state index contributed by atoms with van der Waals surface area (Å²) < 4.78 is 7.80. The molecule has 2 aromatic rings. The zero-order valence-electron chi connectivity index (χ0n) is 17.2. The van der Waals surface area contributed by atoms with Crippen molar-refractivity contribution < 1.29 is 14.3 Å². The molecule has 4 aliphatic rings. The molecule has 0 spiro atoms. The van der Waals surface area contributed by atoms with Crippen molar-refractivity contribution in [2.24, 2.45) is 28.8 Å². The molecule has 0 radical (unpaired) electrons. The summed E-state index contributed by atoms with van der Waals surface area (Å²) in [7, 11) is 0. The highest BCUT2D eigenvalue weighted by Gasteiger charge is 2.56. The van der Waals surface area contributed by atoms with Gasteiger partial charge >= 0.3 is 0 Å². The molecule has 0 N–H and O–H groups in total. The summed E-state index contributed by atoms with van der Waals surface area (Å²) in [5.74, 6) is 0.187. The molecule has 0 unspecified atom stereocenters. The van der Waals surface area contributed by atoms with Gasteiger partial charge in [0.2, 0.25) is 0 Å². The minimum absolute atomic E-state index is 0.157. The molecule has 9 heteroatoms. The second-order valence-corrected chi connectivity index (χ2v) is 11.6. The largest absolute Gasteiger partial charge is 0.487 e. The number of ether oxygens (including phenoxy) is 1. The number of imide groups is 1. The van der Waals surface area contributed by atoms with E-state index in [0.717, 1.165) is 41.9 Å². The van der Waals surface area contributed by atoms with Gasteiger partial charge in [0.15, 0.2) is 0 Å². The van der Waals surface area contributed by atoms with Crippen LogP contribution < -0.4 is 4.74 Å². The summed E-state index contributed by atoms with van der Waals surface area (Å²) in [6.07, 6.45) is 7.73. The molecule has 2 fully saturated rings. The molecule has 4 atom stereocenters. The number of hydrazone groups is 1. The first-order valence-electron chi connectivity index (χ1n) is 10.5. The van der Waals surface area contributed by atoms with E-state index < -0.39 is 0 Å². The van der Waals surface area contributed by atoms with Crippen molar-refractivity contribution in [2.75, 3.05) is 0 Å². The normalized spacial score (nSPS) is 25.9. The van der Waals surface area contributed by atoms with Crippen LogP contribution in [0.5, 0.6) is 5.75 Å². The van der Waals surface area contributed by atoms with E-state index in [1.165, 1.54) is 0 Å². The van der Waals surface area contributed by atoms with E-state index in [4.69, 9.17) is 27.9 Å². The highest BCUT2D eigenvalue weighted by Crippen LogP contribution is 2.49. The van der Waals surface area contributed by atoms with Gasteiger partial charge in [-0.2, -0.15) is 10.1 Å². The van der Waals surface area contributed by atoms with Gasteiger partial charge in [0.25, 0.3) is 11.8 Å². The fourth-order valence-corrected chi connectivity index (χ4v) is 7.47. The molecule has 33 heavy (non-hydrogen) atoms. The maximum absolute atomic E-state index is 12.9. The van der Waals surface area contributed by atoms with Gasteiger partial charge in [-0.15, -0.1) is 0 Å². The number of rotatable bonds is 5. The molecule has 1 saturated heterocycles. The number of halogens is 4. The van der Waals surface area contributed by atoms with Gasteiger partial charge in [-0.3, -0.25) is 9.59 Å². The van der Waals surface area contributed by atoms with Gasteiger partial charge in [0.1, 0.15) is 12.4 Å². The molecule has 2 bridgehead atoms. The van der Waals surface area contributed by atoms with E-state index in [2.05, 4.69) is 62.4 Å². The number of allylic oxidation sites excluding steroid dienone is 2. The summed E-state index contributed by atoms with van der Waals surface area (Å²) in [5, 5.41) is 6.52. The van der Waals surface area contributed by atoms with Gasteiger partial charge < -0.3 is 4.74 Å². The minimum atomic E-state index is -0.255. The summed E-state index contributed by atoms with van der Waals surface area (Å²) in [6, 6.07) is 9.13. The maximum Gasteiger partial charge on any atom is 0.254 e. The summed E-state index contributed by atoms with van der Waals surface area (Å²) in [5.41, 5.74) is 1.63. The molecule has 5 nitrogen and oxygen atoms in total. The van der Waals surface area contributed by atoms with E-state index in [9.17, 15) is 9.59 Å². The van der Waals surface area contributed by atoms with Crippen LogP contribution in [0, 0.1) is 30.8 Å². The van der Waals surface area contributed by atoms with Crippen molar-refractivity contribution in [1.82, 2.24) is 5.01 Å². The van der Waals surface area contributed by atoms with Crippen molar-refractivity contribution >= 4 is 86.4 Å². The van der Waals surface area contributed by atoms with Gasteiger partial charge in [0.05, 0.1) is 25.2 Å². The first-order chi connectivity index (χ1) is 15.8. The third-order valence-corrected chi connectivity index (χ3v) is 8.66. The van der Waals surface area contributed by atoms with E-state index in [-0.39, 0.29) is 35.5 Å². The quantitative estimate of drug-likeness (QED) is 0.159. The van der Waals surface area contributed by atoms with Crippen LogP contribution in [0.2, 0.25) is 10.0 Å². The Morgan fingerprint density at radius 1 is 1.00 bits per heavy atom. The number of fused-ring (bicyclic) bond motifs is 1. The SMILES string of the molecule is O=C1[C@@H]2[C@@H](C(=O)N1/N=C\c1cc(I)c(OCc3ccc(Cl)cc3Cl)c(I)c1)[C@H]1C=C[C@H]2CC1. The van der Waals surface area contributed by atoms with Crippen molar-refractivity contribution in [3.05, 3.63) is 70.8 Å². The number of benzene rings is 2. The van der Waals surface area contributed by atoms with Gasteiger partial charge in [-0.1, -0.05) is 41.4 Å². The summed E-state index contributed by atoms with van der Waals surface area (Å²) in [4.78, 5) is 25.9. The van der Waals surface area contributed by atoms with Crippen molar-refractivity contribution in [3.8, 4) is 5.75 Å². The molecular weight excluding hydrogens is 689 g/mol. The first kappa shape index (κ1) is 23.6. The second kappa shape index (κ2) is 9.47. The predicted octanol–water partition coefficient (Wildman–Crippen LogP) is 6.31. The van der Waals surface area contributed by atoms with Crippen LogP contribution in [0.15, 0.2) is 47.6 Å². The molecule has 1 aliphatic heterocycles. The van der Waals surface area contributed by atoms with E-state index in [1.54, 1.807) is 18.3 Å². The molecule has 0 aromatic heterocycles. The summed E-state index contributed by atoms with van der Waals surface area (Å²) in [6.45, 7) is 0.311. The molecule has 1 heterocycles. The molecule has 1 saturated carbocycles. The Morgan fingerprint density at radius 3 is 2.15 bits per heavy atom.